The third-order valence-electron chi connectivity index (χ3n) is 2.40. The molecule has 8 heteroatoms. The molecular formula is C11H9FN4O3. The van der Waals surface area contributed by atoms with Crippen LogP contribution in [0.4, 0.5) is 10.1 Å². The molecule has 98 valence electrons. The van der Waals surface area contributed by atoms with Gasteiger partial charge in [-0.2, -0.15) is 5.10 Å². The highest BCUT2D eigenvalue weighted by Gasteiger charge is 2.16. The largest absolute Gasteiger partial charge is 0.346 e. The number of amides is 1. The number of hydrogen-bond acceptors (Lipinski definition) is 4. The summed E-state index contributed by atoms with van der Waals surface area (Å²) in [5, 5.41) is 19.3. The first-order chi connectivity index (χ1) is 9.08. The molecule has 0 radical (unpaired) electrons. The van der Waals surface area contributed by atoms with Crippen LogP contribution in [0.2, 0.25) is 0 Å². The van der Waals surface area contributed by atoms with Crippen molar-refractivity contribution in [2.75, 3.05) is 0 Å². The number of non-ortho nitro benzene ring substituents is 1. The summed E-state index contributed by atoms with van der Waals surface area (Å²) in [6, 6.07) is 4.44. The van der Waals surface area contributed by atoms with Crippen molar-refractivity contribution in [3.05, 3.63) is 57.7 Å². The molecule has 1 aromatic heterocycles. The van der Waals surface area contributed by atoms with Gasteiger partial charge in [0.05, 0.1) is 22.7 Å². The molecule has 0 unspecified atom stereocenters. The zero-order valence-corrected chi connectivity index (χ0v) is 9.59. The van der Waals surface area contributed by atoms with Crippen LogP contribution in [0.5, 0.6) is 0 Å². The molecule has 0 aliphatic heterocycles. The standard InChI is InChI=1S/C11H9FN4O3/c12-10-2-1-8(16(18)19)5-9(10)11(17)13-6-7-3-4-14-15-7/h1-5H,6H2,(H,13,17)(H,14,15). The molecule has 2 aromatic rings. The second-order valence-electron chi connectivity index (χ2n) is 3.69. The minimum Gasteiger partial charge on any atom is -0.346 e. The van der Waals surface area contributed by atoms with Crippen molar-refractivity contribution >= 4 is 11.6 Å². The molecular weight excluding hydrogens is 255 g/mol. The number of carbonyl (C=O) groups excluding carboxylic acids is 1. The van der Waals surface area contributed by atoms with Crippen LogP contribution in [0.3, 0.4) is 0 Å². The van der Waals surface area contributed by atoms with Crippen LogP contribution in [0, 0.1) is 15.9 Å². The molecule has 2 rings (SSSR count). The highest BCUT2D eigenvalue weighted by molar-refractivity contribution is 5.95. The monoisotopic (exact) mass is 264 g/mol. The predicted octanol–water partition coefficient (Wildman–Crippen LogP) is 1.39. The SMILES string of the molecule is O=C(NCc1ccn[nH]1)c1cc([N+](=O)[O-])ccc1F. The van der Waals surface area contributed by atoms with Gasteiger partial charge in [-0.1, -0.05) is 0 Å². The fourth-order valence-electron chi connectivity index (χ4n) is 1.45. The summed E-state index contributed by atoms with van der Waals surface area (Å²) in [5.41, 5.74) is -0.0685. The lowest BCUT2D eigenvalue weighted by Crippen LogP contribution is -2.24. The Kier molecular flexibility index (Phi) is 3.51. The average Bonchev–Trinajstić information content (AvgIpc) is 2.89. The molecule has 0 saturated heterocycles. The maximum absolute atomic E-state index is 13.4. The van der Waals surface area contributed by atoms with Gasteiger partial charge in [0.15, 0.2) is 0 Å². The molecule has 1 heterocycles. The van der Waals surface area contributed by atoms with E-state index >= 15 is 0 Å². The lowest BCUT2D eigenvalue weighted by atomic mass is 10.1. The Morgan fingerprint density at radius 1 is 1.47 bits per heavy atom. The topological polar surface area (TPSA) is 101 Å². The number of nitro groups is 1. The molecule has 0 aliphatic carbocycles. The maximum atomic E-state index is 13.4. The lowest BCUT2D eigenvalue weighted by molar-refractivity contribution is -0.384. The number of aromatic amines is 1. The Hall–Kier alpha value is -2.77. The number of nitro benzene ring substituents is 1. The highest BCUT2D eigenvalue weighted by atomic mass is 19.1. The number of aromatic nitrogens is 2. The molecule has 7 nitrogen and oxygen atoms in total. The Balaban J connectivity index is 2.14. The number of nitrogens with one attached hydrogen (secondary N) is 2. The molecule has 1 amide bonds. The second-order valence-corrected chi connectivity index (χ2v) is 3.69. The van der Waals surface area contributed by atoms with Gasteiger partial charge in [0.1, 0.15) is 5.82 Å². The molecule has 0 atom stereocenters. The quantitative estimate of drug-likeness (QED) is 0.643. The number of carbonyl (C=O) groups is 1. The van der Waals surface area contributed by atoms with Crippen LogP contribution in [0.1, 0.15) is 16.1 Å². The normalized spacial score (nSPS) is 10.2. The Bertz CT molecular complexity index is 612. The minimum atomic E-state index is -0.812. The van der Waals surface area contributed by atoms with Crippen molar-refractivity contribution in [2.45, 2.75) is 6.54 Å². The summed E-state index contributed by atoms with van der Waals surface area (Å²) < 4.78 is 13.4. The van der Waals surface area contributed by atoms with Gasteiger partial charge >= 0.3 is 0 Å². The van der Waals surface area contributed by atoms with Crippen LogP contribution in [-0.2, 0) is 6.54 Å². The molecule has 2 N–H and O–H groups in total. The number of benzene rings is 1. The van der Waals surface area contributed by atoms with Gasteiger partial charge in [-0.3, -0.25) is 20.0 Å². The van der Waals surface area contributed by atoms with Gasteiger partial charge in [0.25, 0.3) is 11.6 Å². The number of hydrogen-bond donors (Lipinski definition) is 2. The van der Waals surface area contributed by atoms with Gasteiger partial charge in [-0.25, -0.2) is 4.39 Å². The van der Waals surface area contributed by atoms with E-state index in [1.807, 2.05) is 0 Å². The summed E-state index contributed by atoms with van der Waals surface area (Å²) in [7, 11) is 0. The molecule has 0 bridgehead atoms. The van der Waals surface area contributed by atoms with Gasteiger partial charge in [-0.15, -0.1) is 0 Å². The number of rotatable bonds is 4. The predicted molar refractivity (Wildman–Crippen MR) is 62.8 cm³/mol. The Morgan fingerprint density at radius 3 is 2.89 bits per heavy atom. The number of H-pyrrole nitrogens is 1. The van der Waals surface area contributed by atoms with Crippen molar-refractivity contribution in [1.29, 1.82) is 0 Å². The summed E-state index contributed by atoms with van der Waals surface area (Å²) in [4.78, 5) is 21.6. The van der Waals surface area contributed by atoms with Crippen LogP contribution in [-0.4, -0.2) is 21.0 Å². The summed E-state index contributed by atoms with van der Waals surface area (Å²) in [5.74, 6) is -1.54. The van der Waals surface area contributed by atoms with Crippen LogP contribution in [0.15, 0.2) is 30.5 Å². The minimum absolute atomic E-state index is 0.126. The molecule has 1 aromatic carbocycles. The van der Waals surface area contributed by atoms with E-state index in [4.69, 9.17) is 0 Å². The fraction of sp³-hybridized carbons (Fsp3) is 0.0909. The van der Waals surface area contributed by atoms with Crippen molar-refractivity contribution < 1.29 is 14.1 Å². The van der Waals surface area contributed by atoms with E-state index in [-0.39, 0.29) is 17.8 Å². The van der Waals surface area contributed by atoms with Crippen LogP contribution >= 0.6 is 0 Å². The van der Waals surface area contributed by atoms with Crippen molar-refractivity contribution in [2.24, 2.45) is 0 Å². The van der Waals surface area contributed by atoms with E-state index in [9.17, 15) is 19.3 Å². The summed E-state index contributed by atoms with van der Waals surface area (Å²) in [6.07, 6.45) is 1.51. The van der Waals surface area contributed by atoms with Gasteiger partial charge < -0.3 is 5.32 Å². The average molecular weight is 264 g/mol. The van der Waals surface area contributed by atoms with E-state index in [0.29, 0.717) is 5.69 Å². The van der Waals surface area contributed by atoms with E-state index < -0.39 is 16.6 Å². The van der Waals surface area contributed by atoms with E-state index in [1.165, 1.54) is 6.20 Å². The Morgan fingerprint density at radius 2 is 2.26 bits per heavy atom. The van der Waals surface area contributed by atoms with Crippen molar-refractivity contribution in [1.82, 2.24) is 15.5 Å². The van der Waals surface area contributed by atoms with E-state index in [0.717, 1.165) is 18.2 Å². The lowest BCUT2D eigenvalue weighted by Gasteiger charge is -2.04. The van der Waals surface area contributed by atoms with Crippen molar-refractivity contribution in [3.63, 3.8) is 0 Å². The zero-order valence-electron chi connectivity index (χ0n) is 9.59. The van der Waals surface area contributed by atoms with Gasteiger partial charge in [-0.05, 0) is 12.1 Å². The third-order valence-corrected chi connectivity index (χ3v) is 2.40. The maximum Gasteiger partial charge on any atom is 0.270 e. The molecule has 0 aliphatic rings. The van der Waals surface area contributed by atoms with Gasteiger partial charge in [0.2, 0.25) is 0 Å². The van der Waals surface area contributed by atoms with Crippen molar-refractivity contribution in [3.8, 4) is 0 Å². The zero-order chi connectivity index (χ0) is 13.8. The fourth-order valence-corrected chi connectivity index (χ4v) is 1.45. The molecule has 0 saturated carbocycles. The Labute approximate surface area is 106 Å². The number of nitrogens with zero attached hydrogens (tertiary/aromatic N) is 2. The molecule has 0 spiro atoms. The van der Waals surface area contributed by atoms with E-state index in [1.54, 1.807) is 6.07 Å². The summed E-state index contributed by atoms with van der Waals surface area (Å²) in [6.45, 7) is 0.126. The van der Waals surface area contributed by atoms with Crippen LogP contribution < -0.4 is 5.32 Å². The molecule has 0 fully saturated rings. The first kappa shape index (κ1) is 12.7. The first-order valence-electron chi connectivity index (χ1n) is 5.28. The van der Waals surface area contributed by atoms with E-state index in [2.05, 4.69) is 15.5 Å². The molecule has 19 heavy (non-hydrogen) atoms. The third kappa shape index (κ3) is 2.92. The second kappa shape index (κ2) is 5.25. The first-order valence-corrected chi connectivity index (χ1v) is 5.28. The number of halogens is 1. The smallest absolute Gasteiger partial charge is 0.270 e. The summed E-state index contributed by atoms with van der Waals surface area (Å²) >= 11 is 0. The highest BCUT2D eigenvalue weighted by Crippen LogP contribution is 2.16. The van der Waals surface area contributed by atoms with Gasteiger partial charge in [0, 0.05) is 18.3 Å². The van der Waals surface area contributed by atoms with Crippen LogP contribution in [0.25, 0.3) is 0 Å².